The summed E-state index contributed by atoms with van der Waals surface area (Å²) in [6, 6.07) is 23.2. The number of aliphatic imine (C=N–C) groups is 1. The van der Waals surface area contributed by atoms with Gasteiger partial charge in [-0.25, -0.2) is 4.99 Å². The molecular weight excluding hydrogens is 256 g/mol. The van der Waals surface area contributed by atoms with Gasteiger partial charge in [-0.15, -0.1) is 0 Å². The number of aryl methyl sites for hydroxylation is 1. The first-order valence-corrected chi connectivity index (χ1v) is 7.30. The van der Waals surface area contributed by atoms with Crippen molar-refractivity contribution in [2.75, 3.05) is 5.32 Å². The average molecular weight is 272 g/mol. The van der Waals surface area contributed by atoms with Crippen molar-refractivity contribution in [3.63, 3.8) is 0 Å². The van der Waals surface area contributed by atoms with Crippen molar-refractivity contribution in [3.05, 3.63) is 72.3 Å². The van der Waals surface area contributed by atoms with Crippen LogP contribution < -0.4 is 5.32 Å². The molecule has 3 aromatic carbocycles. The van der Waals surface area contributed by atoms with Gasteiger partial charge in [0.25, 0.3) is 0 Å². The molecule has 1 aliphatic rings. The van der Waals surface area contributed by atoms with Crippen LogP contribution in [0.1, 0.15) is 12.0 Å². The fraction of sp³-hybridized carbons (Fsp3) is 0.105. The maximum absolute atomic E-state index is 4.78. The van der Waals surface area contributed by atoms with E-state index in [2.05, 4.69) is 72.0 Å². The van der Waals surface area contributed by atoms with E-state index < -0.39 is 0 Å². The Morgan fingerprint density at radius 2 is 1.57 bits per heavy atom. The van der Waals surface area contributed by atoms with Crippen molar-refractivity contribution >= 4 is 28.0 Å². The van der Waals surface area contributed by atoms with E-state index in [0.717, 1.165) is 24.4 Å². The van der Waals surface area contributed by atoms with Crippen LogP contribution in [0.4, 0.5) is 11.4 Å². The van der Waals surface area contributed by atoms with Crippen molar-refractivity contribution < 1.29 is 0 Å². The highest BCUT2D eigenvalue weighted by Crippen LogP contribution is 2.35. The molecule has 0 aliphatic carbocycles. The number of nitrogens with one attached hydrogen (secondary N) is 1. The molecule has 0 saturated heterocycles. The summed E-state index contributed by atoms with van der Waals surface area (Å²) in [6.45, 7) is 0. The van der Waals surface area contributed by atoms with E-state index in [1.807, 2.05) is 0 Å². The van der Waals surface area contributed by atoms with Crippen molar-refractivity contribution in [1.82, 2.24) is 0 Å². The Morgan fingerprint density at radius 1 is 0.762 bits per heavy atom. The van der Waals surface area contributed by atoms with Crippen LogP contribution in [-0.2, 0) is 6.42 Å². The van der Waals surface area contributed by atoms with E-state index in [1.54, 1.807) is 0 Å². The molecule has 2 nitrogen and oxygen atoms in total. The summed E-state index contributed by atoms with van der Waals surface area (Å²) in [7, 11) is 0. The van der Waals surface area contributed by atoms with Crippen LogP contribution >= 0.6 is 0 Å². The van der Waals surface area contributed by atoms with Gasteiger partial charge in [0.05, 0.1) is 5.69 Å². The molecule has 0 radical (unpaired) electrons. The lowest BCUT2D eigenvalue weighted by Gasteiger charge is -2.19. The number of hydrogen-bond donors (Lipinski definition) is 1. The second-order valence-corrected chi connectivity index (χ2v) is 5.35. The smallest absolute Gasteiger partial charge is 0.107 e. The van der Waals surface area contributed by atoms with Gasteiger partial charge in [0.2, 0.25) is 0 Å². The predicted molar refractivity (Wildman–Crippen MR) is 89.4 cm³/mol. The molecule has 1 heterocycles. The third-order valence-corrected chi connectivity index (χ3v) is 3.91. The molecule has 0 saturated carbocycles. The van der Waals surface area contributed by atoms with Gasteiger partial charge in [-0.05, 0) is 29.5 Å². The van der Waals surface area contributed by atoms with Crippen molar-refractivity contribution in [3.8, 4) is 0 Å². The molecule has 1 N–H and O–H groups in total. The highest BCUT2D eigenvalue weighted by molar-refractivity contribution is 6.13. The summed E-state index contributed by atoms with van der Waals surface area (Å²) in [6.07, 6.45) is 1.93. The molecule has 1 aliphatic heterocycles. The summed E-state index contributed by atoms with van der Waals surface area (Å²) < 4.78 is 0. The molecular formula is C19H16N2. The van der Waals surface area contributed by atoms with E-state index in [1.165, 1.54) is 22.0 Å². The van der Waals surface area contributed by atoms with Crippen LogP contribution in [0.3, 0.4) is 0 Å². The van der Waals surface area contributed by atoms with E-state index in [0.29, 0.717) is 0 Å². The standard InChI is InChI=1S/C19H16N2/c1-2-6-14(7-3-1)12-13-18-20-16-10-4-8-15-9-5-11-17(21-18)19(15)16/h1-11H,12-13H2,(H,20,21). The molecule has 0 fully saturated rings. The van der Waals surface area contributed by atoms with E-state index in [-0.39, 0.29) is 0 Å². The van der Waals surface area contributed by atoms with E-state index in [9.17, 15) is 0 Å². The fourth-order valence-electron chi connectivity index (χ4n) is 2.87. The lowest BCUT2D eigenvalue weighted by Crippen LogP contribution is -2.15. The molecule has 0 spiro atoms. The number of anilines is 1. The van der Waals surface area contributed by atoms with Crippen LogP contribution in [0.5, 0.6) is 0 Å². The summed E-state index contributed by atoms with van der Waals surface area (Å²) in [4.78, 5) is 4.78. The van der Waals surface area contributed by atoms with Gasteiger partial charge in [0.15, 0.2) is 0 Å². The van der Waals surface area contributed by atoms with Crippen LogP contribution in [0, 0.1) is 0 Å². The zero-order chi connectivity index (χ0) is 14.1. The number of rotatable bonds is 3. The summed E-state index contributed by atoms with van der Waals surface area (Å²) >= 11 is 0. The molecule has 0 atom stereocenters. The first kappa shape index (κ1) is 12.2. The number of hydrogen-bond acceptors (Lipinski definition) is 2. The van der Waals surface area contributed by atoms with Gasteiger partial charge in [-0.3, -0.25) is 0 Å². The molecule has 21 heavy (non-hydrogen) atoms. The monoisotopic (exact) mass is 272 g/mol. The first-order chi connectivity index (χ1) is 10.4. The Morgan fingerprint density at radius 3 is 2.43 bits per heavy atom. The zero-order valence-electron chi connectivity index (χ0n) is 11.7. The minimum atomic E-state index is 0.925. The molecule has 102 valence electrons. The molecule has 2 heteroatoms. The Bertz CT molecular complexity index is 814. The van der Waals surface area contributed by atoms with Crippen LogP contribution in [0.15, 0.2) is 71.7 Å². The average Bonchev–Trinajstić information content (AvgIpc) is 2.54. The van der Waals surface area contributed by atoms with Crippen molar-refractivity contribution in [2.24, 2.45) is 4.99 Å². The Labute approximate surface area is 124 Å². The van der Waals surface area contributed by atoms with E-state index in [4.69, 9.17) is 4.99 Å². The molecule has 0 aromatic heterocycles. The zero-order valence-corrected chi connectivity index (χ0v) is 11.7. The minimum absolute atomic E-state index is 0.925. The van der Waals surface area contributed by atoms with Gasteiger partial charge < -0.3 is 5.32 Å². The van der Waals surface area contributed by atoms with Gasteiger partial charge in [-0.1, -0.05) is 54.6 Å². The third-order valence-electron chi connectivity index (χ3n) is 3.91. The first-order valence-electron chi connectivity index (χ1n) is 7.30. The van der Waals surface area contributed by atoms with Crippen LogP contribution in [-0.4, -0.2) is 5.84 Å². The molecule has 0 amide bonds. The normalized spacial score (nSPS) is 12.9. The summed E-state index contributed by atoms with van der Waals surface area (Å²) in [5.41, 5.74) is 3.59. The quantitative estimate of drug-likeness (QED) is 0.718. The number of benzene rings is 3. The Kier molecular flexibility index (Phi) is 2.93. The van der Waals surface area contributed by atoms with Gasteiger partial charge in [-0.2, -0.15) is 0 Å². The van der Waals surface area contributed by atoms with Gasteiger partial charge in [0.1, 0.15) is 5.84 Å². The van der Waals surface area contributed by atoms with Gasteiger partial charge >= 0.3 is 0 Å². The van der Waals surface area contributed by atoms with E-state index >= 15 is 0 Å². The third kappa shape index (κ3) is 2.29. The Balaban J connectivity index is 1.64. The molecule has 0 unspecified atom stereocenters. The van der Waals surface area contributed by atoms with Crippen LogP contribution in [0.2, 0.25) is 0 Å². The SMILES string of the molecule is c1ccc(CCC2=Nc3cccc4cccc(c34)N2)cc1. The summed E-state index contributed by atoms with van der Waals surface area (Å²) in [5, 5.41) is 5.95. The van der Waals surface area contributed by atoms with Crippen LogP contribution in [0.25, 0.3) is 10.8 Å². The van der Waals surface area contributed by atoms with Gasteiger partial charge in [0, 0.05) is 17.5 Å². The predicted octanol–water partition coefficient (Wildman–Crippen LogP) is 4.93. The minimum Gasteiger partial charge on any atom is -0.343 e. The second kappa shape index (κ2) is 5.06. The summed E-state index contributed by atoms with van der Waals surface area (Å²) in [5.74, 6) is 1.05. The lowest BCUT2D eigenvalue weighted by atomic mass is 10.0. The maximum atomic E-state index is 4.78. The largest absolute Gasteiger partial charge is 0.343 e. The molecule has 3 aromatic rings. The maximum Gasteiger partial charge on any atom is 0.107 e. The second-order valence-electron chi connectivity index (χ2n) is 5.35. The molecule has 4 rings (SSSR count). The Hall–Kier alpha value is -2.61. The topological polar surface area (TPSA) is 24.4 Å². The highest BCUT2D eigenvalue weighted by Gasteiger charge is 2.13. The molecule has 0 bridgehead atoms. The number of nitrogens with zero attached hydrogens (tertiary/aromatic N) is 1. The fourth-order valence-corrected chi connectivity index (χ4v) is 2.87. The van der Waals surface area contributed by atoms with Crippen molar-refractivity contribution in [2.45, 2.75) is 12.8 Å². The number of amidine groups is 1. The highest BCUT2D eigenvalue weighted by atomic mass is 15.0. The van der Waals surface area contributed by atoms with Crippen molar-refractivity contribution in [1.29, 1.82) is 0 Å². The lowest BCUT2D eigenvalue weighted by molar-refractivity contribution is 1.03.